The van der Waals surface area contributed by atoms with Crippen molar-refractivity contribution in [2.24, 2.45) is 11.8 Å². The minimum absolute atomic E-state index is 0.0161. The van der Waals surface area contributed by atoms with Crippen LogP contribution in [0.5, 0.6) is 5.75 Å². The molecule has 1 aromatic rings. The van der Waals surface area contributed by atoms with Crippen molar-refractivity contribution in [1.29, 1.82) is 0 Å². The lowest BCUT2D eigenvalue weighted by Crippen LogP contribution is -2.28. The molecule has 1 fully saturated rings. The van der Waals surface area contributed by atoms with E-state index in [1.165, 1.54) is 39.0 Å². The van der Waals surface area contributed by atoms with Crippen molar-refractivity contribution in [3.05, 3.63) is 29.1 Å². The summed E-state index contributed by atoms with van der Waals surface area (Å²) in [6.45, 7) is 5.59. The van der Waals surface area contributed by atoms with E-state index >= 15 is 0 Å². The average molecular weight is 336 g/mol. The highest BCUT2D eigenvalue weighted by atomic mass is 19.1. The Balaban J connectivity index is 1.64. The number of ether oxygens (including phenoxy) is 1. The van der Waals surface area contributed by atoms with Crippen molar-refractivity contribution in [3.8, 4) is 5.75 Å². The zero-order valence-electron chi connectivity index (χ0n) is 15.2. The molecule has 1 nitrogen and oxygen atoms in total. The summed E-state index contributed by atoms with van der Waals surface area (Å²) in [4.78, 5) is 0. The standard InChI is InChI=1S/C21H30F2O/c1-13-7-10-16(11-8-13)5-4-6-17-18-12-9-14(2)19(23)21(18)24-20(17)15(3)22/h9,12-13,15-17,20H,4-8,10-11H2,1-3H3. The number of alkyl halides is 1. The molecule has 1 aliphatic heterocycles. The maximum absolute atomic E-state index is 14.3. The molecule has 24 heavy (non-hydrogen) atoms. The highest BCUT2D eigenvalue weighted by Gasteiger charge is 2.39. The molecule has 1 aliphatic carbocycles. The van der Waals surface area contributed by atoms with Gasteiger partial charge in [0.05, 0.1) is 0 Å². The van der Waals surface area contributed by atoms with Crippen molar-refractivity contribution in [2.45, 2.75) is 83.9 Å². The first kappa shape index (κ1) is 17.7. The number of benzene rings is 1. The Hall–Kier alpha value is -1.12. The van der Waals surface area contributed by atoms with Gasteiger partial charge in [-0.2, -0.15) is 0 Å². The van der Waals surface area contributed by atoms with Crippen LogP contribution in [-0.4, -0.2) is 12.3 Å². The van der Waals surface area contributed by atoms with Crippen molar-refractivity contribution in [1.82, 2.24) is 0 Å². The number of aryl methyl sites for hydroxylation is 1. The predicted octanol–water partition coefficient (Wildman–Crippen LogP) is 6.33. The van der Waals surface area contributed by atoms with Gasteiger partial charge in [-0.15, -0.1) is 0 Å². The van der Waals surface area contributed by atoms with Gasteiger partial charge in [0.15, 0.2) is 11.6 Å². The van der Waals surface area contributed by atoms with Crippen LogP contribution in [0.3, 0.4) is 0 Å². The topological polar surface area (TPSA) is 9.23 Å². The van der Waals surface area contributed by atoms with Gasteiger partial charge in [-0.05, 0) is 37.7 Å². The van der Waals surface area contributed by atoms with Gasteiger partial charge >= 0.3 is 0 Å². The van der Waals surface area contributed by atoms with E-state index in [-0.39, 0.29) is 11.7 Å². The fraction of sp³-hybridized carbons (Fsp3) is 0.714. The lowest BCUT2D eigenvalue weighted by atomic mass is 9.79. The molecule has 0 bridgehead atoms. The Morgan fingerprint density at radius 1 is 1.17 bits per heavy atom. The summed E-state index contributed by atoms with van der Waals surface area (Å²) in [7, 11) is 0. The molecular formula is C21H30F2O. The minimum atomic E-state index is -1.09. The van der Waals surface area contributed by atoms with E-state index in [4.69, 9.17) is 4.74 Å². The van der Waals surface area contributed by atoms with Crippen LogP contribution in [0.15, 0.2) is 12.1 Å². The summed E-state index contributed by atoms with van der Waals surface area (Å²) in [5.41, 5.74) is 1.43. The van der Waals surface area contributed by atoms with Gasteiger partial charge in [-0.25, -0.2) is 8.78 Å². The summed E-state index contributed by atoms with van der Waals surface area (Å²) in [6, 6.07) is 3.72. The van der Waals surface area contributed by atoms with Crippen LogP contribution in [0.1, 0.15) is 75.8 Å². The molecule has 1 saturated carbocycles. The largest absolute Gasteiger partial charge is 0.483 e. The summed E-state index contributed by atoms with van der Waals surface area (Å²) in [6.07, 6.45) is 6.89. The number of fused-ring (bicyclic) bond motifs is 1. The van der Waals surface area contributed by atoms with Gasteiger partial charge in [0.25, 0.3) is 0 Å². The second-order valence-electron chi connectivity index (χ2n) is 8.04. The van der Waals surface area contributed by atoms with Crippen LogP contribution >= 0.6 is 0 Å². The number of rotatable bonds is 5. The molecule has 3 heteroatoms. The highest BCUT2D eigenvalue weighted by Crippen LogP contribution is 2.45. The van der Waals surface area contributed by atoms with Crippen LogP contribution in [0.25, 0.3) is 0 Å². The molecule has 3 atom stereocenters. The third-order valence-electron chi connectivity index (χ3n) is 6.09. The predicted molar refractivity (Wildman–Crippen MR) is 93.8 cm³/mol. The smallest absolute Gasteiger partial charge is 0.168 e. The summed E-state index contributed by atoms with van der Waals surface area (Å²) >= 11 is 0. The van der Waals surface area contributed by atoms with E-state index < -0.39 is 12.3 Å². The summed E-state index contributed by atoms with van der Waals surface area (Å²) < 4.78 is 34.0. The first-order valence-electron chi connectivity index (χ1n) is 9.57. The lowest BCUT2D eigenvalue weighted by Gasteiger charge is -2.27. The molecule has 134 valence electrons. The van der Waals surface area contributed by atoms with Crippen molar-refractivity contribution >= 4 is 0 Å². The second kappa shape index (κ2) is 7.41. The summed E-state index contributed by atoms with van der Waals surface area (Å²) in [5.74, 6) is 1.65. The van der Waals surface area contributed by atoms with Gasteiger partial charge in [0.1, 0.15) is 12.3 Å². The summed E-state index contributed by atoms with van der Waals surface area (Å²) in [5, 5.41) is 0. The zero-order valence-corrected chi connectivity index (χ0v) is 15.2. The van der Waals surface area contributed by atoms with Gasteiger partial charge in [-0.3, -0.25) is 0 Å². The fourth-order valence-corrected chi connectivity index (χ4v) is 4.45. The molecule has 2 aliphatic rings. The van der Waals surface area contributed by atoms with Gasteiger partial charge in [0.2, 0.25) is 0 Å². The van der Waals surface area contributed by atoms with E-state index in [9.17, 15) is 8.78 Å². The number of hydrogen-bond donors (Lipinski definition) is 0. The van der Waals surface area contributed by atoms with E-state index in [1.54, 1.807) is 13.0 Å². The monoisotopic (exact) mass is 336 g/mol. The third-order valence-corrected chi connectivity index (χ3v) is 6.09. The van der Waals surface area contributed by atoms with Crippen molar-refractivity contribution < 1.29 is 13.5 Å². The molecule has 3 unspecified atom stereocenters. The molecule has 1 heterocycles. The highest BCUT2D eigenvalue weighted by molar-refractivity contribution is 5.45. The number of halogens is 2. The van der Waals surface area contributed by atoms with Crippen molar-refractivity contribution in [3.63, 3.8) is 0 Å². The first-order chi connectivity index (χ1) is 11.5. The van der Waals surface area contributed by atoms with E-state index in [0.29, 0.717) is 11.3 Å². The quantitative estimate of drug-likeness (QED) is 0.610. The van der Waals surface area contributed by atoms with Crippen LogP contribution in [0.4, 0.5) is 8.78 Å². The van der Waals surface area contributed by atoms with Crippen LogP contribution in [0, 0.1) is 24.6 Å². The molecular weight excluding hydrogens is 306 g/mol. The normalized spacial score (nSPS) is 30.7. The molecule has 0 N–H and O–H groups in total. The second-order valence-corrected chi connectivity index (χ2v) is 8.04. The SMILES string of the molecule is Cc1ccc2c(c1F)OC(C(C)F)C2CCCC1CCC(C)CC1. The maximum Gasteiger partial charge on any atom is 0.168 e. The Morgan fingerprint density at radius 2 is 1.88 bits per heavy atom. The molecule has 0 spiro atoms. The van der Waals surface area contributed by atoms with E-state index in [2.05, 4.69) is 6.92 Å². The molecule has 0 amide bonds. The zero-order chi connectivity index (χ0) is 17.3. The molecule has 3 rings (SSSR count). The molecule has 1 aromatic carbocycles. The van der Waals surface area contributed by atoms with E-state index in [1.807, 2.05) is 6.07 Å². The lowest BCUT2D eigenvalue weighted by molar-refractivity contribution is 0.103. The Bertz CT molecular complexity index is 561. The number of hydrogen-bond acceptors (Lipinski definition) is 1. The minimum Gasteiger partial charge on any atom is -0.483 e. The van der Waals surface area contributed by atoms with E-state index in [0.717, 1.165) is 30.2 Å². The van der Waals surface area contributed by atoms with Gasteiger partial charge < -0.3 is 4.74 Å². The molecule has 0 aromatic heterocycles. The molecule has 0 radical (unpaired) electrons. The van der Waals surface area contributed by atoms with Gasteiger partial charge in [-0.1, -0.05) is 57.6 Å². The first-order valence-corrected chi connectivity index (χ1v) is 9.57. The van der Waals surface area contributed by atoms with Gasteiger partial charge in [0, 0.05) is 11.5 Å². The van der Waals surface area contributed by atoms with Crippen LogP contribution < -0.4 is 4.74 Å². The average Bonchev–Trinajstić information content (AvgIpc) is 2.93. The Morgan fingerprint density at radius 3 is 2.54 bits per heavy atom. The fourth-order valence-electron chi connectivity index (χ4n) is 4.45. The Kier molecular flexibility index (Phi) is 5.46. The maximum atomic E-state index is 14.3. The molecule has 0 saturated heterocycles. The third kappa shape index (κ3) is 3.60. The Labute approximate surface area is 144 Å². The van der Waals surface area contributed by atoms with Crippen LogP contribution in [0.2, 0.25) is 0 Å². The van der Waals surface area contributed by atoms with Crippen LogP contribution in [-0.2, 0) is 0 Å². The van der Waals surface area contributed by atoms with Crippen molar-refractivity contribution in [2.75, 3.05) is 0 Å².